The molecule has 1 saturated carbocycles. The van der Waals surface area contributed by atoms with Crippen LogP contribution >= 0.6 is 0 Å². The highest BCUT2D eigenvalue weighted by Crippen LogP contribution is 2.45. The molecule has 2 aliphatic rings. The summed E-state index contributed by atoms with van der Waals surface area (Å²) in [6.07, 6.45) is -3.08. The van der Waals surface area contributed by atoms with Gasteiger partial charge in [-0.25, -0.2) is 9.18 Å². The Morgan fingerprint density at radius 3 is 2.48 bits per heavy atom. The predicted octanol–water partition coefficient (Wildman–Crippen LogP) is 1.75. The number of nitrogens with one attached hydrogen (secondary N) is 1. The minimum absolute atomic E-state index is 0.0865. The number of anilines is 1. The van der Waals surface area contributed by atoms with Crippen molar-refractivity contribution in [1.82, 2.24) is 9.55 Å². The Bertz CT molecular complexity index is 1070. The minimum atomic E-state index is -4.48. The van der Waals surface area contributed by atoms with Crippen LogP contribution in [0, 0.1) is 17.7 Å². The van der Waals surface area contributed by atoms with Gasteiger partial charge in [0.05, 0.1) is 18.4 Å². The summed E-state index contributed by atoms with van der Waals surface area (Å²) in [7, 11) is 1.23. The second-order valence-corrected chi connectivity index (χ2v) is 7.55. The van der Waals surface area contributed by atoms with E-state index in [2.05, 4.69) is 4.98 Å². The van der Waals surface area contributed by atoms with Gasteiger partial charge < -0.3 is 15.4 Å². The van der Waals surface area contributed by atoms with Crippen molar-refractivity contribution in [2.45, 2.75) is 25.1 Å². The van der Waals surface area contributed by atoms with Crippen LogP contribution in [0.15, 0.2) is 15.7 Å². The van der Waals surface area contributed by atoms with Crippen LogP contribution in [0.5, 0.6) is 5.75 Å². The summed E-state index contributed by atoms with van der Waals surface area (Å²) in [6.45, 7) is -0.804. The van der Waals surface area contributed by atoms with Crippen LogP contribution in [0.25, 0.3) is 10.9 Å². The smallest absolute Gasteiger partial charge is 0.393 e. The Morgan fingerprint density at radius 1 is 1.28 bits per heavy atom. The van der Waals surface area contributed by atoms with E-state index >= 15 is 4.39 Å². The molecule has 7 nitrogen and oxygen atoms in total. The SMILES string of the molecule is COc1c(N2CC(CN)C(C(F)(F)F)C2)c(F)cc2c(=O)[nH]c(=O)n(C3CC3)c12. The number of fused-ring (bicyclic) bond motifs is 1. The average Bonchev–Trinajstić information content (AvgIpc) is 3.37. The minimum Gasteiger partial charge on any atom is -0.492 e. The first kappa shape index (κ1) is 19.7. The van der Waals surface area contributed by atoms with Gasteiger partial charge in [0.2, 0.25) is 0 Å². The first-order valence-corrected chi connectivity index (χ1v) is 9.24. The molecule has 1 aromatic carbocycles. The number of alkyl halides is 3. The second kappa shape index (κ2) is 6.75. The molecule has 11 heteroatoms. The lowest BCUT2D eigenvalue weighted by Gasteiger charge is -2.24. The van der Waals surface area contributed by atoms with Crippen molar-refractivity contribution in [3.63, 3.8) is 0 Å². The highest BCUT2D eigenvalue weighted by Gasteiger charge is 2.50. The van der Waals surface area contributed by atoms with Crippen LogP contribution in [0.4, 0.5) is 23.2 Å². The van der Waals surface area contributed by atoms with Crippen molar-refractivity contribution >= 4 is 16.6 Å². The van der Waals surface area contributed by atoms with Gasteiger partial charge in [-0.05, 0) is 25.5 Å². The van der Waals surface area contributed by atoms with Crippen molar-refractivity contribution in [1.29, 1.82) is 0 Å². The van der Waals surface area contributed by atoms with E-state index in [0.717, 1.165) is 6.07 Å². The van der Waals surface area contributed by atoms with Gasteiger partial charge in [-0.2, -0.15) is 13.2 Å². The molecule has 2 fully saturated rings. The average molecular weight is 416 g/mol. The third kappa shape index (κ3) is 3.17. The number of aromatic amines is 1. The maximum atomic E-state index is 15.0. The molecule has 158 valence electrons. The monoisotopic (exact) mass is 416 g/mol. The van der Waals surface area contributed by atoms with Crippen molar-refractivity contribution in [3.05, 3.63) is 32.7 Å². The predicted molar refractivity (Wildman–Crippen MR) is 97.9 cm³/mol. The fraction of sp³-hybridized carbons (Fsp3) is 0.556. The molecule has 1 aromatic heterocycles. The fourth-order valence-electron chi connectivity index (χ4n) is 4.18. The van der Waals surface area contributed by atoms with E-state index in [0.29, 0.717) is 12.8 Å². The van der Waals surface area contributed by atoms with Crippen LogP contribution in [-0.4, -0.2) is 42.5 Å². The number of H-pyrrole nitrogens is 1. The fourth-order valence-corrected chi connectivity index (χ4v) is 4.18. The molecule has 2 aromatic rings. The van der Waals surface area contributed by atoms with E-state index in [1.54, 1.807) is 0 Å². The molecular formula is C18H20F4N4O3. The zero-order chi connectivity index (χ0) is 21.1. The zero-order valence-electron chi connectivity index (χ0n) is 15.6. The summed E-state index contributed by atoms with van der Waals surface area (Å²) in [5.74, 6) is -3.62. The van der Waals surface area contributed by atoms with Gasteiger partial charge in [0.25, 0.3) is 5.56 Å². The van der Waals surface area contributed by atoms with Crippen molar-refractivity contribution < 1.29 is 22.3 Å². The van der Waals surface area contributed by atoms with Crippen molar-refractivity contribution in [2.75, 3.05) is 31.6 Å². The normalized spacial score (nSPS) is 22.5. The van der Waals surface area contributed by atoms with Gasteiger partial charge >= 0.3 is 11.9 Å². The third-order valence-corrected chi connectivity index (χ3v) is 5.70. The number of benzene rings is 1. The second-order valence-electron chi connectivity index (χ2n) is 7.55. The van der Waals surface area contributed by atoms with E-state index in [9.17, 15) is 22.8 Å². The van der Waals surface area contributed by atoms with E-state index in [1.807, 2.05) is 0 Å². The van der Waals surface area contributed by atoms with Crippen LogP contribution in [0.2, 0.25) is 0 Å². The topological polar surface area (TPSA) is 93.3 Å². The number of methoxy groups -OCH3 is 1. The van der Waals surface area contributed by atoms with Gasteiger partial charge in [0.15, 0.2) is 11.6 Å². The first-order valence-electron chi connectivity index (χ1n) is 9.24. The maximum Gasteiger partial charge on any atom is 0.393 e. The number of aromatic nitrogens is 2. The molecule has 2 unspecified atom stereocenters. The number of ether oxygens (including phenoxy) is 1. The molecule has 3 N–H and O–H groups in total. The number of halogens is 4. The number of nitrogens with two attached hydrogens (primary N) is 1. The summed E-state index contributed by atoms with van der Waals surface area (Å²) in [5.41, 5.74) is 4.00. The summed E-state index contributed by atoms with van der Waals surface area (Å²) in [4.78, 5) is 28.0. The summed E-state index contributed by atoms with van der Waals surface area (Å²) in [5, 5.41) is -0.0865. The zero-order valence-corrected chi connectivity index (χ0v) is 15.6. The van der Waals surface area contributed by atoms with Crippen LogP contribution in [0.1, 0.15) is 18.9 Å². The van der Waals surface area contributed by atoms with Gasteiger partial charge in [-0.1, -0.05) is 0 Å². The van der Waals surface area contributed by atoms with E-state index in [1.165, 1.54) is 16.6 Å². The molecule has 1 saturated heterocycles. The summed E-state index contributed by atoms with van der Waals surface area (Å²) < 4.78 is 61.9. The van der Waals surface area contributed by atoms with Gasteiger partial charge in [-0.15, -0.1) is 0 Å². The van der Waals surface area contributed by atoms with Gasteiger partial charge in [0.1, 0.15) is 11.2 Å². The van der Waals surface area contributed by atoms with Crippen molar-refractivity contribution in [2.24, 2.45) is 17.6 Å². The Kier molecular flexibility index (Phi) is 4.60. The summed E-state index contributed by atoms with van der Waals surface area (Å²) >= 11 is 0. The lowest BCUT2D eigenvalue weighted by atomic mass is 9.96. The first-order chi connectivity index (χ1) is 13.7. The maximum absolute atomic E-state index is 15.0. The Labute approximate surface area is 162 Å². The number of hydrogen-bond donors (Lipinski definition) is 2. The van der Waals surface area contributed by atoms with E-state index in [4.69, 9.17) is 10.5 Å². The largest absolute Gasteiger partial charge is 0.492 e. The highest BCUT2D eigenvalue weighted by atomic mass is 19.4. The molecule has 0 radical (unpaired) electrons. The molecule has 0 amide bonds. The Hall–Kier alpha value is -2.56. The van der Waals surface area contributed by atoms with E-state index < -0.39 is 41.6 Å². The quantitative estimate of drug-likeness (QED) is 0.741. The van der Waals surface area contributed by atoms with Crippen LogP contribution in [0.3, 0.4) is 0 Å². The Morgan fingerprint density at radius 2 is 1.97 bits per heavy atom. The van der Waals surface area contributed by atoms with Crippen molar-refractivity contribution in [3.8, 4) is 5.75 Å². The molecule has 2 atom stereocenters. The lowest BCUT2D eigenvalue weighted by Crippen LogP contribution is -2.33. The summed E-state index contributed by atoms with van der Waals surface area (Å²) in [6, 6.07) is 0.773. The molecule has 1 aliphatic carbocycles. The van der Waals surface area contributed by atoms with Crippen LogP contribution in [-0.2, 0) is 0 Å². The molecule has 1 aliphatic heterocycles. The molecule has 29 heavy (non-hydrogen) atoms. The van der Waals surface area contributed by atoms with E-state index in [-0.39, 0.29) is 41.5 Å². The number of hydrogen-bond acceptors (Lipinski definition) is 5. The molecule has 4 rings (SSSR count). The molecule has 0 spiro atoms. The standard InChI is InChI=1S/C18H20F4N4O3/c1-29-15-13-10(16(27)24-17(28)26(13)9-2-3-9)4-12(19)14(15)25-6-8(5-23)11(7-25)18(20,21)22/h4,8-9,11H,2-3,5-7,23H2,1H3,(H,24,27,28). The molecular weight excluding hydrogens is 396 g/mol. The third-order valence-electron chi connectivity index (χ3n) is 5.70. The van der Waals surface area contributed by atoms with Gasteiger partial charge in [-0.3, -0.25) is 14.3 Å². The Balaban J connectivity index is 1.94. The molecule has 2 heterocycles. The number of nitrogens with zero attached hydrogens (tertiary/aromatic N) is 2. The van der Waals surface area contributed by atoms with Gasteiger partial charge in [0, 0.05) is 25.0 Å². The lowest BCUT2D eigenvalue weighted by molar-refractivity contribution is -0.178. The highest BCUT2D eigenvalue weighted by molar-refractivity contribution is 5.91. The number of rotatable bonds is 4. The van der Waals surface area contributed by atoms with Crippen LogP contribution < -0.4 is 26.6 Å². The molecule has 0 bridgehead atoms.